The highest BCUT2D eigenvalue weighted by molar-refractivity contribution is 7.15. The normalized spacial score (nSPS) is 15.9. The number of rotatable bonds is 3. The zero-order chi connectivity index (χ0) is 16.5. The fraction of sp³-hybridized carbons (Fsp3) is 0.294. The van der Waals surface area contributed by atoms with Gasteiger partial charge in [0.2, 0.25) is 0 Å². The van der Waals surface area contributed by atoms with Crippen molar-refractivity contribution in [2.75, 3.05) is 31.9 Å². The number of H-pyrrole nitrogens is 1. The Hall–Kier alpha value is -2.38. The minimum Gasteiger partial charge on any atom is -0.375 e. The summed E-state index contributed by atoms with van der Waals surface area (Å²) >= 11 is 1.53. The van der Waals surface area contributed by atoms with Crippen LogP contribution < -0.4 is 5.73 Å². The molecular weight excluding hydrogens is 322 g/mol. The molecule has 0 radical (unpaired) electrons. The number of anilines is 1. The number of aromatic nitrogens is 2. The number of nitrogens with two attached hydrogens (primary N) is 1. The molecule has 7 heteroatoms. The second-order valence-corrected chi connectivity index (χ2v) is 7.15. The fourth-order valence-corrected chi connectivity index (χ4v) is 3.81. The summed E-state index contributed by atoms with van der Waals surface area (Å²) < 4.78 is 0. The Morgan fingerprint density at radius 3 is 2.75 bits per heavy atom. The van der Waals surface area contributed by atoms with Gasteiger partial charge < -0.3 is 15.6 Å². The van der Waals surface area contributed by atoms with E-state index in [1.807, 2.05) is 41.4 Å². The maximum atomic E-state index is 12.7. The zero-order valence-electron chi connectivity index (χ0n) is 13.2. The van der Waals surface area contributed by atoms with Crippen LogP contribution in [0.15, 0.2) is 36.5 Å². The molecule has 1 aliphatic heterocycles. The molecule has 3 N–H and O–H groups in total. The quantitative estimate of drug-likeness (QED) is 0.765. The lowest BCUT2D eigenvalue weighted by Crippen LogP contribution is -2.48. The third kappa shape index (κ3) is 3.00. The molecular formula is C17H19N5OS. The Kier molecular flexibility index (Phi) is 3.95. The molecule has 0 aliphatic carbocycles. The summed E-state index contributed by atoms with van der Waals surface area (Å²) in [5.74, 6) is 0.0767. The first-order valence-electron chi connectivity index (χ1n) is 7.98. The number of aromatic amines is 1. The summed E-state index contributed by atoms with van der Waals surface area (Å²) in [4.78, 5) is 25.4. The Labute approximate surface area is 143 Å². The zero-order valence-corrected chi connectivity index (χ0v) is 14.1. The van der Waals surface area contributed by atoms with Crippen LogP contribution in [-0.4, -0.2) is 51.9 Å². The SMILES string of the molecule is Nc1ncc(CN2CCN(C(=O)c3cc4ccccc4[nH]3)CC2)s1. The lowest BCUT2D eigenvalue weighted by Gasteiger charge is -2.34. The standard InChI is InChI=1S/C17H19N5OS/c18-17-19-10-13(24-17)11-21-5-7-22(8-6-21)16(23)15-9-12-3-1-2-4-14(12)20-15/h1-4,9-10,20H,5-8,11H2,(H2,18,19). The number of hydrogen-bond donors (Lipinski definition) is 2. The van der Waals surface area contributed by atoms with Crippen LogP contribution in [-0.2, 0) is 6.54 Å². The number of thiazole rings is 1. The average molecular weight is 341 g/mol. The third-order valence-electron chi connectivity index (χ3n) is 4.37. The first-order chi connectivity index (χ1) is 11.7. The van der Waals surface area contributed by atoms with Crippen LogP contribution in [0.4, 0.5) is 5.13 Å². The van der Waals surface area contributed by atoms with Gasteiger partial charge in [-0.25, -0.2) is 4.98 Å². The maximum absolute atomic E-state index is 12.7. The van der Waals surface area contributed by atoms with E-state index in [0.29, 0.717) is 10.8 Å². The Morgan fingerprint density at radius 1 is 1.25 bits per heavy atom. The van der Waals surface area contributed by atoms with Crippen molar-refractivity contribution in [1.82, 2.24) is 19.8 Å². The fourth-order valence-electron chi connectivity index (χ4n) is 3.08. The summed E-state index contributed by atoms with van der Waals surface area (Å²) in [5, 5.41) is 1.68. The summed E-state index contributed by atoms with van der Waals surface area (Å²) in [6.07, 6.45) is 1.84. The van der Waals surface area contributed by atoms with Crippen LogP contribution in [0.1, 0.15) is 15.4 Å². The van der Waals surface area contributed by atoms with Crippen LogP contribution >= 0.6 is 11.3 Å². The van der Waals surface area contributed by atoms with Crippen LogP contribution in [0.25, 0.3) is 10.9 Å². The van der Waals surface area contributed by atoms with E-state index in [4.69, 9.17) is 5.73 Å². The van der Waals surface area contributed by atoms with Gasteiger partial charge in [0.05, 0.1) is 0 Å². The van der Waals surface area contributed by atoms with Gasteiger partial charge in [-0.3, -0.25) is 9.69 Å². The molecule has 0 saturated carbocycles. The van der Waals surface area contributed by atoms with E-state index < -0.39 is 0 Å². The van der Waals surface area contributed by atoms with E-state index in [-0.39, 0.29) is 5.91 Å². The molecule has 2 aromatic heterocycles. The number of hydrogen-bond acceptors (Lipinski definition) is 5. The van der Waals surface area contributed by atoms with Crippen molar-refractivity contribution >= 4 is 33.3 Å². The number of benzene rings is 1. The maximum Gasteiger partial charge on any atom is 0.270 e. The van der Waals surface area contributed by atoms with E-state index in [9.17, 15) is 4.79 Å². The van der Waals surface area contributed by atoms with Crippen molar-refractivity contribution in [3.05, 3.63) is 47.1 Å². The second-order valence-electron chi connectivity index (χ2n) is 6.00. The molecule has 1 aliphatic rings. The molecule has 0 unspecified atom stereocenters. The molecule has 1 aromatic carbocycles. The molecule has 6 nitrogen and oxygen atoms in total. The van der Waals surface area contributed by atoms with Gasteiger partial charge in [0.25, 0.3) is 5.91 Å². The summed E-state index contributed by atoms with van der Waals surface area (Å²) in [6.45, 7) is 4.06. The smallest absolute Gasteiger partial charge is 0.270 e. The Morgan fingerprint density at radius 2 is 2.04 bits per heavy atom. The van der Waals surface area contributed by atoms with E-state index in [1.54, 1.807) is 0 Å². The van der Waals surface area contributed by atoms with Crippen molar-refractivity contribution in [3.63, 3.8) is 0 Å². The highest BCUT2D eigenvalue weighted by Crippen LogP contribution is 2.19. The second kappa shape index (κ2) is 6.26. The van der Waals surface area contributed by atoms with Gasteiger partial charge in [-0.1, -0.05) is 18.2 Å². The monoisotopic (exact) mass is 341 g/mol. The number of carbonyl (C=O) groups is 1. The average Bonchev–Trinajstić information content (AvgIpc) is 3.21. The molecule has 124 valence electrons. The van der Waals surface area contributed by atoms with Crippen molar-refractivity contribution in [2.45, 2.75) is 6.54 Å². The highest BCUT2D eigenvalue weighted by Gasteiger charge is 2.23. The summed E-state index contributed by atoms with van der Waals surface area (Å²) in [5.41, 5.74) is 7.34. The number of nitrogens with one attached hydrogen (secondary N) is 1. The predicted molar refractivity (Wildman–Crippen MR) is 96.0 cm³/mol. The third-order valence-corrected chi connectivity index (χ3v) is 5.18. The molecule has 1 amide bonds. The van der Waals surface area contributed by atoms with Crippen LogP contribution in [0.5, 0.6) is 0 Å². The van der Waals surface area contributed by atoms with E-state index >= 15 is 0 Å². The van der Waals surface area contributed by atoms with Gasteiger partial charge >= 0.3 is 0 Å². The van der Waals surface area contributed by atoms with Gasteiger partial charge in [-0.05, 0) is 12.1 Å². The van der Waals surface area contributed by atoms with E-state index in [2.05, 4.69) is 14.9 Å². The first kappa shape index (κ1) is 15.2. The number of amides is 1. The van der Waals surface area contributed by atoms with E-state index in [0.717, 1.165) is 43.6 Å². The van der Waals surface area contributed by atoms with Gasteiger partial charge in [0.1, 0.15) is 5.69 Å². The van der Waals surface area contributed by atoms with Crippen LogP contribution in [0.2, 0.25) is 0 Å². The van der Waals surface area contributed by atoms with Crippen LogP contribution in [0.3, 0.4) is 0 Å². The topological polar surface area (TPSA) is 78.2 Å². The Bertz CT molecular complexity index is 830. The summed E-state index contributed by atoms with van der Waals surface area (Å²) in [7, 11) is 0. The number of para-hydroxylation sites is 1. The lowest BCUT2D eigenvalue weighted by atomic mass is 10.2. The molecule has 0 bridgehead atoms. The Balaban J connectivity index is 1.39. The van der Waals surface area contributed by atoms with Crippen molar-refractivity contribution < 1.29 is 4.79 Å². The van der Waals surface area contributed by atoms with Crippen LogP contribution in [0, 0.1) is 0 Å². The molecule has 1 fully saturated rings. The van der Waals surface area contributed by atoms with Gasteiger partial charge in [0, 0.05) is 54.7 Å². The molecule has 3 heterocycles. The minimum atomic E-state index is 0.0767. The molecule has 24 heavy (non-hydrogen) atoms. The molecule has 0 spiro atoms. The first-order valence-corrected chi connectivity index (χ1v) is 8.80. The van der Waals surface area contributed by atoms with Gasteiger partial charge in [-0.2, -0.15) is 0 Å². The molecule has 0 atom stereocenters. The van der Waals surface area contributed by atoms with Crippen molar-refractivity contribution in [1.29, 1.82) is 0 Å². The number of fused-ring (bicyclic) bond motifs is 1. The number of nitrogens with zero attached hydrogens (tertiary/aromatic N) is 3. The number of piperazine rings is 1. The lowest BCUT2D eigenvalue weighted by molar-refractivity contribution is 0.0625. The van der Waals surface area contributed by atoms with Crippen molar-refractivity contribution in [2.24, 2.45) is 0 Å². The molecule has 1 saturated heterocycles. The minimum absolute atomic E-state index is 0.0767. The predicted octanol–water partition coefficient (Wildman–Crippen LogP) is 2.16. The van der Waals surface area contributed by atoms with Gasteiger partial charge in [-0.15, -0.1) is 11.3 Å². The number of nitrogen functional groups attached to an aromatic ring is 1. The summed E-state index contributed by atoms with van der Waals surface area (Å²) in [6, 6.07) is 9.89. The number of carbonyl (C=O) groups excluding carboxylic acids is 1. The van der Waals surface area contributed by atoms with Crippen molar-refractivity contribution in [3.8, 4) is 0 Å². The molecule has 4 rings (SSSR count). The largest absolute Gasteiger partial charge is 0.375 e. The van der Waals surface area contributed by atoms with E-state index in [1.165, 1.54) is 16.2 Å². The van der Waals surface area contributed by atoms with Gasteiger partial charge in [0.15, 0.2) is 5.13 Å². The molecule has 3 aromatic rings. The highest BCUT2D eigenvalue weighted by atomic mass is 32.1.